The van der Waals surface area contributed by atoms with Crippen LogP contribution in [0.1, 0.15) is 39.4 Å². The Hall–Kier alpha value is -3.40. The van der Waals surface area contributed by atoms with E-state index in [0.29, 0.717) is 23.3 Å². The van der Waals surface area contributed by atoms with Crippen molar-refractivity contribution in [2.45, 2.75) is 39.0 Å². The first-order valence-corrected chi connectivity index (χ1v) is 10.6. The minimum atomic E-state index is -4.45. The zero-order chi connectivity index (χ0) is 23.3. The van der Waals surface area contributed by atoms with Gasteiger partial charge in [-0.2, -0.15) is 23.4 Å². The van der Waals surface area contributed by atoms with Crippen LogP contribution in [0.2, 0.25) is 5.02 Å². The number of aryl methyl sites for hydroxylation is 3. The molecule has 4 aromatic rings. The number of rotatable bonds is 4. The Labute approximate surface area is 191 Å². The van der Waals surface area contributed by atoms with E-state index < -0.39 is 17.6 Å². The summed E-state index contributed by atoms with van der Waals surface area (Å²) < 4.78 is 41.9. The molecule has 1 aromatic carbocycles. The predicted molar refractivity (Wildman–Crippen MR) is 116 cm³/mol. The lowest BCUT2D eigenvalue weighted by Gasteiger charge is -2.10. The van der Waals surface area contributed by atoms with Crippen molar-refractivity contribution in [3.05, 3.63) is 69.8 Å². The lowest BCUT2D eigenvalue weighted by Crippen LogP contribution is -2.14. The molecule has 0 saturated carbocycles. The minimum absolute atomic E-state index is 0.104. The molecule has 1 aliphatic rings. The molecule has 4 heterocycles. The zero-order valence-corrected chi connectivity index (χ0v) is 18.2. The maximum Gasteiger partial charge on any atom is 0.416 e. The molecule has 7 nitrogen and oxygen atoms in total. The molecular weight excluding hydrogens is 457 g/mol. The van der Waals surface area contributed by atoms with Gasteiger partial charge in [-0.15, -0.1) is 0 Å². The molecule has 0 radical (unpaired) electrons. The van der Waals surface area contributed by atoms with E-state index in [1.807, 2.05) is 4.68 Å². The fourth-order valence-electron chi connectivity index (χ4n) is 4.03. The van der Waals surface area contributed by atoms with Crippen LogP contribution in [0, 0.1) is 6.92 Å². The van der Waals surface area contributed by atoms with E-state index in [2.05, 4.69) is 26.6 Å². The fourth-order valence-corrected chi connectivity index (χ4v) is 4.39. The van der Waals surface area contributed by atoms with E-state index in [1.54, 1.807) is 11.6 Å². The Morgan fingerprint density at radius 2 is 1.97 bits per heavy atom. The summed E-state index contributed by atoms with van der Waals surface area (Å²) in [5, 5.41) is 12.4. The first-order chi connectivity index (χ1) is 15.7. The Balaban J connectivity index is 1.41. The Morgan fingerprint density at radius 1 is 1.21 bits per heavy atom. The van der Waals surface area contributed by atoms with Gasteiger partial charge in [0.15, 0.2) is 5.65 Å². The topological polar surface area (TPSA) is 77.6 Å². The van der Waals surface area contributed by atoms with Crippen molar-refractivity contribution in [1.29, 1.82) is 0 Å². The third kappa shape index (κ3) is 3.95. The summed E-state index contributed by atoms with van der Waals surface area (Å²) in [6.07, 6.45) is -1.00. The van der Waals surface area contributed by atoms with Crippen LogP contribution in [0.25, 0.3) is 11.0 Å². The number of nitrogens with one attached hydrogen (secondary N) is 1. The molecule has 0 aliphatic carbocycles. The molecule has 3 aromatic heterocycles. The molecular formula is C22H18ClF3N6O. The van der Waals surface area contributed by atoms with Crippen LogP contribution in [0.3, 0.4) is 0 Å². The number of carbonyl (C=O) groups excluding carboxylic acids is 1. The van der Waals surface area contributed by atoms with Gasteiger partial charge in [-0.3, -0.25) is 9.48 Å². The van der Waals surface area contributed by atoms with Crippen molar-refractivity contribution in [2.75, 3.05) is 5.32 Å². The number of hydrogen-bond donors (Lipinski definition) is 1. The molecule has 0 spiro atoms. The molecule has 1 amide bonds. The van der Waals surface area contributed by atoms with Crippen molar-refractivity contribution in [3.63, 3.8) is 0 Å². The van der Waals surface area contributed by atoms with Gasteiger partial charge in [0.1, 0.15) is 0 Å². The highest BCUT2D eigenvalue weighted by molar-refractivity contribution is 6.39. The van der Waals surface area contributed by atoms with Crippen LogP contribution in [0.4, 0.5) is 18.9 Å². The van der Waals surface area contributed by atoms with Crippen molar-refractivity contribution >= 4 is 34.2 Å². The molecule has 33 heavy (non-hydrogen) atoms. The second kappa shape index (κ2) is 7.87. The summed E-state index contributed by atoms with van der Waals surface area (Å²) in [7, 11) is 0. The minimum Gasteiger partial charge on any atom is -0.322 e. The number of aromatic nitrogens is 5. The van der Waals surface area contributed by atoms with Crippen LogP contribution in [0.15, 0.2) is 36.5 Å². The number of halogens is 4. The van der Waals surface area contributed by atoms with Gasteiger partial charge in [-0.25, -0.2) is 9.67 Å². The number of pyridine rings is 1. The van der Waals surface area contributed by atoms with Gasteiger partial charge in [-0.1, -0.05) is 11.6 Å². The van der Waals surface area contributed by atoms with Gasteiger partial charge in [0.05, 0.1) is 39.5 Å². The number of carbonyl (C=O) groups is 1. The average molecular weight is 475 g/mol. The smallest absolute Gasteiger partial charge is 0.322 e. The van der Waals surface area contributed by atoms with E-state index in [9.17, 15) is 18.0 Å². The van der Waals surface area contributed by atoms with Gasteiger partial charge in [0.25, 0.3) is 5.91 Å². The maximum absolute atomic E-state index is 12.8. The number of nitrogens with zero attached hydrogens (tertiary/aromatic N) is 5. The molecule has 0 atom stereocenters. The monoisotopic (exact) mass is 474 g/mol. The Morgan fingerprint density at radius 3 is 2.67 bits per heavy atom. The van der Waals surface area contributed by atoms with E-state index in [-0.39, 0.29) is 16.3 Å². The molecule has 5 rings (SSSR count). The van der Waals surface area contributed by atoms with Crippen LogP contribution in [-0.4, -0.2) is 30.5 Å². The van der Waals surface area contributed by atoms with Crippen molar-refractivity contribution in [2.24, 2.45) is 0 Å². The van der Waals surface area contributed by atoms with Crippen LogP contribution in [0.5, 0.6) is 0 Å². The number of hydrogen-bond acceptors (Lipinski definition) is 4. The molecule has 11 heteroatoms. The van der Waals surface area contributed by atoms with Gasteiger partial charge >= 0.3 is 6.18 Å². The van der Waals surface area contributed by atoms with Crippen molar-refractivity contribution in [3.8, 4) is 0 Å². The molecule has 0 unspecified atom stereocenters. The number of amides is 1. The van der Waals surface area contributed by atoms with E-state index in [0.717, 1.165) is 37.2 Å². The van der Waals surface area contributed by atoms with Crippen LogP contribution in [-0.2, 0) is 25.7 Å². The summed E-state index contributed by atoms with van der Waals surface area (Å²) >= 11 is 6.55. The maximum atomic E-state index is 12.8. The number of anilines is 1. The van der Waals surface area contributed by atoms with Crippen molar-refractivity contribution in [1.82, 2.24) is 24.5 Å². The molecule has 1 N–H and O–H groups in total. The van der Waals surface area contributed by atoms with Gasteiger partial charge in [-0.05, 0) is 50.1 Å². The largest absolute Gasteiger partial charge is 0.416 e. The van der Waals surface area contributed by atoms with Gasteiger partial charge in [0.2, 0.25) is 0 Å². The fraction of sp³-hybridized carbons (Fsp3) is 0.273. The lowest BCUT2D eigenvalue weighted by atomic mass is 10.1. The zero-order valence-electron chi connectivity index (χ0n) is 17.4. The number of fused-ring (bicyclic) bond motifs is 2. The van der Waals surface area contributed by atoms with Crippen molar-refractivity contribution < 1.29 is 18.0 Å². The Bertz CT molecular complexity index is 1350. The first-order valence-electron chi connectivity index (χ1n) is 10.3. The van der Waals surface area contributed by atoms with E-state index in [4.69, 9.17) is 11.6 Å². The third-order valence-electron chi connectivity index (χ3n) is 5.62. The highest BCUT2D eigenvalue weighted by atomic mass is 35.5. The van der Waals surface area contributed by atoms with E-state index >= 15 is 0 Å². The lowest BCUT2D eigenvalue weighted by molar-refractivity contribution is -0.137. The van der Waals surface area contributed by atoms with Gasteiger partial charge in [0, 0.05) is 24.1 Å². The normalized spacial score (nSPS) is 13.5. The summed E-state index contributed by atoms with van der Waals surface area (Å²) in [4.78, 5) is 17.2. The highest BCUT2D eigenvalue weighted by Gasteiger charge is 2.30. The summed E-state index contributed by atoms with van der Waals surface area (Å²) in [5.74, 6) is -0.577. The number of benzene rings is 1. The summed E-state index contributed by atoms with van der Waals surface area (Å²) in [6.45, 7) is 3.11. The summed E-state index contributed by atoms with van der Waals surface area (Å²) in [6, 6.07) is 6.23. The Kier molecular flexibility index (Phi) is 5.12. The molecule has 0 saturated heterocycles. The average Bonchev–Trinajstić information content (AvgIpc) is 3.42. The molecule has 0 bridgehead atoms. The number of alkyl halides is 3. The standard InChI is InChI=1S/C22H18ClF3N6O/c1-12-18-19(23)17(21(33)28-14-6-4-13(5-7-14)22(24,25)26)10-27-20(18)32(29-12)11-15-9-16-3-2-8-31(16)30-15/h4-7,9-10H,2-3,8,11H2,1H3,(H,28,33). The van der Waals surface area contributed by atoms with Gasteiger partial charge < -0.3 is 5.32 Å². The molecule has 170 valence electrons. The SMILES string of the molecule is Cc1nn(Cc2cc3n(n2)CCC3)c2ncc(C(=O)Nc3ccc(C(F)(F)F)cc3)c(Cl)c12. The van der Waals surface area contributed by atoms with E-state index in [1.165, 1.54) is 24.0 Å². The summed E-state index contributed by atoms with van der Waals surface area (Å²) in [5.41, 5.74) is 2.72. The second-order valence-electron chi connectivity index (χ2n) is 7.91. The third-order valence-corrected chi connectivity index (χ3v) is 6.01. The quantitative estimate of drug-likeness (QED) is 0.458. The predicted octanol–water partition coefficient (Wildman–Crippen LogP) is 4.86. The molecule has 1 aliphatic heterocycles. The highest BCUT2D eigenvalue weighted by Crippen LogP contribution is 2.31. The van der Waals surface area contributed by atoms with Crippen LogP contribution < -0.4 is 5.32 Å². The van der Waals surface area contributed by atoms with Crippen LogP contribution >= 0.6 is 11.6 Å². The molecule has 0 fully saturated rings. The second-order valence-corrected chi connectivity index (χ2v) is 8.29. The first kappa shape index (κ1) is 21.4.